The summed E-state index contributed by atoms with van der Waals surface area (Å²) in [6.07, 6.45) is 54.0. The molecule has 4 N–H and O–H groups in total. The van der Waals surface area contributed by atoms with Gasteiger partial charge in [0.1, 0.15) is 12.7 Å². The first-order chi connectivity index (χ1) is 29.1. The molecule has 0 bridgehead atoms. The van der Waals surface area contributed by atoms with Crippen LogP contribution in [0.1, 0.15) is 142 Å². The molecule has 0 aliphatic rings. The highest BCUT2D eigenvalue weighted by atomic mass is 31.2. The van der Waals surface area contributed by atoms with E-state index in [1.165, 1.54) is 19.3 Å². The van der Waals surface area contributed by atoms with Crippen LogP contribution in [0.25, 0.3) is 0 Å². The van der Waals surface area contributed by atoms with Crippen molar-refractivity contribution >= 4 is 25.7 Å². The van der Waals surface area contributed by atoms with Gasteiger partial charge < -0.3 is 25.2 Å². The summed E-state index contributed by atoms with van der Waals surface area (Å²) in [6.45, 7) is 2.34. The smallest absolute Gasteiger partial charge is 0.472 e. The molecule has 0 aromatic heterocycles. The van der Waals surface area contributed by atoms with Crippen LogP contribution >= 0.6 is 7.82 Å². The summed E-state index contributed by atoms with van der Waals surface area (Å²) in [5.74, 6) is -2.50. The number of carbonyl (C=O) groups excluding carboxylic acids is 2. The molecule has 0 spiro atoms. The average Bonchev–Trinajstić information content (AvgIpc) is 3.22. The number of carboxylic acids is 1. The molecule has 3 atom stereocenters. The first-order valence-corrected chi connectivity index (χ1v) is 23.4. The minimum Gasteiger partial charge on any atom is -0.480 e. The van der Waals surface area contributed by atoms with E-state index >= 15 is 0 Å². The summed E-state index contributed by atoms with van der Waals surface area (Å²) in [5, 5.41) is 21.8. The van der Waals surface area contributed by atoms with Gasteiger partial charge in [-0.3, -0.25) is 18.6 Å². The summed E-state index contributed by atoms with van der Waals surface area (Å²) >= 11 is 0. The summed E-state index contributed by atoms with van der Waals surface area (Å²) in [4.78, 5) is 45.9. The lowest BCUT2D eigenvalue weighted by Gasteiger charge is -2.18. The van der Waals surface area contributed by atoms with Gasteiger partial charge in [-0.2, -0.15) is 0 Å². The fraction of sp³-hybridized carbons (Fsp3) is 0.562. The molecule has 0 heterocycles. The van der Waals surface area contributed by atoms with E-state index in [0.717, 1.165) is 77.0 Å². The number of phosphoric ester groups is 1. The van der Waals surface area contributed by atoms with Crippen molar-refractivity contribution in [2.45, 2.75) is 154 Å². The number of hydrogen-bond donors (Lipinski definition) is 4. The van der Waals surface area contributed by atoms with Gasteiger partial charge in [0.25, 0.3) is 0 Å². The van der Waals surface area contributed by atoms with E-state index in [1.54, 1.807) is 0 Å². The minimum atomic E-state index is -4.79. The molecule has 12 heteroatoms. The quantitative estimate of drug-likeness (QED) is 0.0202. The summed E-state index contributed by atoms with van der Waals surface area (Å²) in [7, 11) is -4.79. The Labute approximate surface area is 361 Å². The van der Waals surface area contributed by atoms with Gasteiger partial charge in [0.05, 0.1) is 13.2 Å². The molecule has 0 aromatic rings. The first kappa shape index (κ1) is 56.1. The number of aliphatic hydroxyl groups is 1. The molecule has 0 saturated heterocycles. The Hall–Kier alpha value is -3.86. The van der Waals surface area contributed by atoms with Crippen LogP contribution in [-0.4, -0.2) is 64.9 Å². The highest BCUT2D eigenvalue weighted by Gasteiger charge is 2.28. The zero-order valence-electron chi connectivity index (χ0n) is 36.5. The van der Waals surface area contributed by atoms with E-state index in [1.807, 2.05) is 12.2 Å². The van der Waals surface area contributed by atoms with Gasteiger partial charge in [0.15, 0.2) is 6.04 Å². The number of rotatable bonds is 39. The van der Waals surface area contributed by atoms with Gasteiger partial charge in [-0.1, -0.05) is 142 Å². The summed E-state index contributed by atoms with van der Waals surface area (Å²) in [5.41, 5.74) is 0. The minimum absolute atomic E-state index is 0.0972. The number of unbranched alkanes of at least 4 members (excludes halogenated alkanes) is 7. The van der Waals surface area contributed by atoms with E-state index in [0.29, 0.717) is 19.3 Å². The number of phosphoric acid groups is 1. The van der Waals surface area contributed by atoms with Gasteiger partial charge in [0, 0.05) is 12.8 Å². The number of esters is 1. The lowest BCUT2D eigenvalue weighted by Crippen LogP contribution is -2.43. The number of carboxylic acid groups (broad SMARTS) is 1. The van der Waals surface area contributed by atoms with Crippen LogP contribution in [-0.2, 0) is 32.7 Å². The number of aliphatic carboxylic acids is 1. The fourth-order valence-electron chi connectivity index (χ4n) is 5.16. The van der Waals surface area contributed by atoms with Crippen molar-refractivity contribution < 1.29 is 47.8 Å². The maximum atomic E-state index is 12.3. The molecule has 60 heavy (non-hydrogen) atoms. The molecule has 3 unspecified atom stereocenters. The second-order valence-corrected chi connectivity index (χ2v) is 15.6. The van der Waals surface area contributed by atoms with Crippen LogP contribution in [0.2, 0.25) is 0 Å². The fourth-order valence-corrected chi connectivity index (χ4v) is 5.93. The number of nitrogens with one attached hydrogen (secondary N) is 1. The van der Waals surface area contributed by atoms with Crippen molar-refractivity contribution in [3.8, 4) is 0 Å². The van der Waals surface area contributed by atoms with Gasteiger partial charge in [-0.05, 0) is 96.3 Å². The Morgan fingerprint density at radius 2 is 0.983 bits per heavy atom. The molecule has 0 rings (SSSR count). The SMILES string of the molecule is CC/C=C\C/C=C\C/C=C\C/C=C\C/C=C\CCCC(=O)OCC(O)COP(=O)(O)OCC(NC(=O)CCCCC/C=C\C/C=C\C/C=C\C/C=C\CCCCC)C(=O)O. The van der Waals surface area contributed by atoms with Crippen molar-refractivity contribution in [1.82, 2.24) is 5.32 Å². The number of hydrogen-bond acceptors (Lipinski definition) is 8. The van der Waals surface area contributed by atoms with Gasteiger partial charge in [0.2, 0.25) is 5.91 Å². The monoisotopic (exact) mass is 858 g/mol. The largest absolute Gasteiger partial charge is 0.480 e. The van der Waals surface area contributed by atoms with Crippen molar-refractivity contribution in [2.24, 2.45) is 0 Å². The Morgan fingerprint density at radius 1 is 0.550 bits per heavy atom. The van der Waals surface area contributed by atoms with Crippen LogP contribution in [0.3, 0.4) is 0 Å². The Bertz CT molecular complexity index is 1430. The number of ether oxygens (including phenoxy) is 1. The summed E-state index contributed by atoms with van der Waals surface area (Å²) in [6, 6.07) is -1.58. The molecule has 0 aliphatic carbocycles. The third-order valence-electron chi connectivity index (χ3n) is 8.55. The second-order valence-electron chi connectivity index (χ2n) is 14.1. The van der Waals surface area contributed by atoms with Crippen LogP contribution in [0.4, 0.5) is 0 Å². The van der Waals surface area contributed by atoms with Crippen LogP contribution in [0, 0.1) is 0 Å². The zero-order chi connectivity index (χ0) is 44.2. The first-order valence-electron chi connectivity index (χ1n) is 21.9. The molecule has 0 saturated carbocycles. The molecule has 0 fully saturated rings. The molecule has 0 aliphatic heterocycles. The Morgan fingerprint density at radius 3 is 1.45 bits per heavy atom. The molecule has 11 nitrogen and oxygen atoms in total. The molecule has 1 amide bonds. The van der Waals surface area contributed by atoms with E-state index in [2.05, 4.69) is 116 Å². The van der Waals surface area contributed by atoms with Crippen LogP contribution in [0.5, 0.6) is 0 Å². The van der Waals surface area contributed by atoms with Gasteiger partial charge in [-0.25, -0.2) is 9.36 Å². The number of carbonyl (C=O) groups is 3. The number of amides is 1. The molecular formula is C48H76NO10P. The zero-order valence-corrected chi connectivity index (χ0v) is 37.4. The standard InChI is InChI=1S/C48H76NO10P/c1-3-5-7-9-11-13-15-17-19-21-22-24-25-27-29-31-33-35-37-39-46(51)49-45(48(53)54)43-59-60(55,56)58-42-44(50)41-57-47(52)40-38-36-34-32-30-28-26-23-20-18-16-14-12-10-8-6-4-2/h6,8,11-14,17-20,22,24,26-29,32,34,44-45,50H,3-5,7,9-10,15-16,21,23,25,30-31,33,35-43H2,1-2H3,(H,49,51)(H,53,54)(H,55,56)/b8-6-,13-11-,14-12-,19-17-,20-18-,24-22-,28-26-,29-27-,34-32-. The van der Waals surface area contributed by atoms with Crippen molar-refractivity contribution in [1.29, 1.82) is 0 Å². The van der Waals surface area contributed by atoms with Crippen molar-refractivity contribution in [2.75, 3.05) is 19.8 Å². The predicted molar refractivity (Wildman–Crippen MR) is 244 cm³/mol. The normalized spacial score (nSPS) is 14.7. The molecule has 0 aromatic carbocycles. The van der Waals surface area contributed by atoms with Crippen LogP contribution in [0.15, 0.2) is 109 Å². The lowest BCUT2D eigenvalue weighted by molar-refractivity contribution is -0.147. The average molecular weight is 858 g/mol. The van der Waals surface area contributed by atoms with Gasteiger partial charge in [-0.15, -0.1) is 0 Å². The number of allylic oxidation sites excluding steroid dienone is 18. The molecular weight excluding hydrogens is 781 g/mol. The Balaban J connectivity index is 4.06. The third-order valence-corrected chi connectivity index (χ3v) is 9.50. The van der Waals surface area contributed by atoms with E-state index in [-0.39, 0.29) is 12.8 Å². The summed E-state index contributed by atoms with van der Waals surface area (Å²) < 4.78 is 26.8. The van der Waals surface area contributed by atoms with Gasteiger partial charge >= 0.3 is 19.8 Å². The topological polar surface area (TPSA) is 169 Å². The number of aliphatic hydroxyl groups excluding tert-OH is 1. The van der Waals surface area contributed by atoms with E-state index < -0.39 is 57.6 Å². The lowest BCUT2D eigenvalue weighted by atomic mass is 10.1. The maximum Gasteiger partial charge on any atom is 0.472 e. The predicted octanol–water partition coefficient (Wildman–Crippen LogP) is 11.4. The second kappa shape index (κ2) is 41.9. The van der Waals surface area contributed by atoms with Crippen LogP contribution < -0.4 is 5.32 Å². The molecule has 338 valence electrons. The highest BCUT2D eigenvalue weighted by Crippen LogP contribution is 2.43. The van der Waals surface area contributed by atoms with E-state index in [4.69, 9.17) is 13.8 Å². The third kappa shape index (κ3) is 40.9. The van der Waals surface area contributed by atoms with Crippen molar-refractivity contribution in [3.63, 3.8) is 0 Å². The Kier molecular flexibility index (Phi) is 39.2. The maximum absolute atomic E-state index is 12.3. The van der Waals surface area contributed by atoms with E-state index in [9.17, 15) is 34.1 Å². The molecule has 0 radical (unpaired) electrons. The van der Waals surface area contributed by atoms with Crippen molar-refractivity contribution in [3.05, 3.63) is 109 Å². The highest BCUT2D eigenvalue weighted by molar-refractivity contribution is 7.47.